The molecular weight excluding hydrogens is 379 g/mol. The van der Waals surface area contributed by atoms with Crippen molar-refractivity contribution in [3.63, 3.8) is 0 Å². The van der Waals surface area contributed by atoms with E-state index in [0.29, 0.717) is 33.8 Å². The van der Waals surface area contributed by atoms with Gasteiger partial charge in [-0.2, -0.15) is 0 Å². The topological polar surface area (TPSA) is 83.3 Å². The van der Waals surface area contributed by atoms with E-state index in [9.17, 15) is 18.0 Å². The first-order valence-corrected chi connectivity index (χ1v) is 8.07. The fourth-order valence-corrected chi connectivity index (χ4v) is 2.71. The molecule has 0 aliphatic heterocycles. The van der Waals surface area contributed by atoms with Crippen LogP contribution in [0, 0.1) is 6.92 Å². The van der Waals surface area contributed by atoms with Crippen LogP contribution in [0.3, 0.4) is 0 Å². The highest BCUT2D eigenvalue weighted by molar-refractivity contribution is 5.74. The van der Waals surface area contributed by atoms with E-state index >= 15 is 0 Å². The fraction of sp³-hybridized carbons (Fsp3) is 0.167. The minimum absolute atomic E-state index is 0.163. The van der Waals surface area contributed by atoms with E-state index in [1.807, 2.05) is 0 Å². The minimum Gasteiger partial charge on any atom is -0.406 e. The van der Waals surface area contributed by atoms with E-state index in [2.05, 4.69) is 14.9 Å². The number of hydrogen-bond acceptors (Lipinski definition) is 6. The number of aryl methyl sites for hydroxylation is 1. The van der Waals surface area contributed by atoms with Crippen LogP contribution in [0.25, 0.3) is 22.5 Å². The van der Waals surface area contributed by atoms with Crippen molar-refractivity contribution in [3.8, 4) is 17.0 Å². The molecule has 0 spiro atoms. The zero-order chi connectivity index (χ0) is 19.9. The van der Waals surface area contributed by atoms with Crippen molar-refractivity contribution in [2.45, 2.75) is 19.8 Å². The van der Waals surface area contributed by atoms with Gasteiger partial charge in [-0.15, -0.1) is 13.2 Å². The fourth-order valence-electron chi connectivity index (χ4n) is 2.71. The number of alkyl halides is 3. The Labute approximate surface area is 155 Å². The van der Waals surface area contributed by atoms with Gasteiger partial charge in [0.25, 0.3) is 0 Å². The lowest BCUT2D eigenvalue weighted by Crippen LogP contribution is -2.17. The van der Waals surface area contributed by atoms with Gasteiger partial charge in [0.15, 0.2) is 11.2 Å². The van der Waals surface area contributed by atoms with Crippen molar-refractivity contribution in [2.75, 3.05) is 0 Å². The molecule has 3 aromatic heterocycles. The molecule has 7 nitrogen and oxygen atoms in total. The summed E-state index contributed by atoms with van der Waals surface area (Å²) in [6, 6.07) is 8.47. The lowest BCUT2D eigenvalue weighted by molar-refractivity contribution is -0.274. The van der Waals surface area contributed by atoms with Crippen molar-refractivity contribution in [2.24, 2.45) is 0 Å². The summed E-state index contributed by atoms with van der Waals surface area (Å²) in [5, 5.41) is 3.68. The van der Waals surface area contributed by atoms with Crippen LogP contribution in [0.2, 0.25) is 0 Å². The molecule has 0 radical (unpaired) electrons. The van der Waals surface area contributed by atoms with E-state index in [1.54, 1.807) is 19.1 Å². The Kier molecular flexibility index (Phi) is 4.17. The molecule has 144 valence electrons. The average molecular weight is 391 g/mol. The van der Waals surface area contributed by atoms with Gasteiger partial charge in [-0.25, -0.2) is 9.78 Å². The highest BCUT2D eigenvalue weighted by Gasteiger charge is 2.31. The first-order chi connectivity index (χ1) is 13.3. The number of nitrogens with zero attached hydrogens (tertiary/aromatic N) is 3. The summed E-state index contributed by atoms with van der Waals surface area (Å²) in [4.78, 5) is 16.6. The van der Waals surface area contributed by atoms with E-state index in [-0.39, 0.29) is 12.3 Å². The lowest BCUT2D eigenvalue weighted by atomic mass is 10.1. The van der Waals surface area contributed by atoms with Crippen LogP contribution in [-0.4, -0.2) is 21.1 Å². The molecule has 10 heteroatoms. The molecule has 28 heavy (non-hydrogen) atoms. The smallest absolute Gasteiger partial charge is 0.406 e. The molecule has 0 saturated heterocycles. The maximum atomic E-state index is 12.3. The summed E-state index contributed by atoms with van der Waals surface area (Å²) in [5.41, 5.74) is 2.31. The maximum absolute atomic E-state index is 12.3. The highest BCUT2D eigenvalue weighted by atomic mass is 19.4. The quantitative estimate of drug-likeness (QED) is 0.525. The Hall–Kier alpha value is -3.56. The normalized spacial score (nSPS) is 11.9. The van der Waals surface area contributed by atoms with Crippen LogP contribution in [0.15, 0.2) is 56.3 Å². The van der Waals surface area contributed by atoms with Crippen LogP contribution in [0.1, 0.15) is 11.3 Å². The average Bonchev–Trinajstić information content (AvgIpc) is 3.17. The monoisotopic (exact) mass is 391 g/mol. The van der Waals surface area contributed by atoms with E-state index in [4.69, 9.17) is 8.94 Å². The van der Waals surface area contributed by atoms with E-state index in [0.717, 1.165) is 0 Å². The Morgan fingerprint density at radius 1 is 1.14 bits per heavy atom. The molecule has 0 saturated carbocycles. The number of benzene rings is 1. The second-order valence-electron chi connectivity index (χ2n) is 5.95. The third-order valence-electron chi connectivity index (χ3n) is 4.08. The van der Waals surface area contributed by atoms with Crippen LogP contribution < -0.4 is 10.5 Å². The number of ether oxygens (including phenoxy) is 1. The molecule has 0 atom stereocenters. The summed E-state index contributed by atoms with van der Waals surface area (Å²) in [6.45, 7) is 1.88. The number of hydrogen-bond donors (Lipinski definition) is 0. The molecule has 0 aliphatic carbocycles. The Morgan fingerprint density at radius 3 is 2.54 bits per heavy atom. The van der Waals surface area contributed by atoms with Gasteiger partial charge >= 0.3 is 12.1 Å². The molecule has 0 bridgehead atoms. The minimum atomic E-state index is -4.76. The number of rotatable bonds is 4. The van der Waals surface area contributed by atoms with Gasteiger partial charge in [-0.05, 0) is 43.3 Å². The van der Waals surface area contributed by atoms with Crippen molar-refractivity contribution < 1.29 is 26.8 Å². The van der Waals surface area contributed by atoms with Crippen LogP contribution in [0.4, 0.5) is 13.2 Å². The zero-order valence-electron chi connectivity index (χ0n) is 14.4. The van der Waals surface area contributed by atoms with Gasteiger partial charge in [0.1, 0.15) is 11.5 Å². The predicted molar refractivity (Wildman–Crippen MR) is 90.7 cm³/mol. The van der Waals surface area contributed by atoms with Gasteiger partial charge in [-0.1, -0.05) is 5.16 Å². The van der Waals surface area contributed by atoms with Gasteiger partial charge in [0.2, 0.25) is 0 Å². The number of pyridine rings is 1. The zero-order valence-corrected chi connectivity index (χ0v) is 14.4. The van der Waals surface area contributed by atoms with Crippen LogP contribution in [-0.2, 0) is 6.54 Å². The van der Waals surface area contributed by atoms with E-state index < -0.39 is 12.1 Å². The van der Waals surface area contributed by atoms with Crippen LogP contribution >= 0.6 is 0 Å². The molecular formula is C18H12F3N3O4. The number of oxazole rings is 1. The lowest BCUT2D eigenvalue weighted by Gasteiger charge is -2.09. The van der Waals surface area contributed by atoms with Gasteiger partial charge in [-0.3, -0.25) is 4.57 Å². The van der Waals surface area contributed by atoms with Gasteiger partial charge in [0, 0.05) is 11.1 Å². The summed E-state index contributed by atoms with van der Waals surface area (Å²) in [6.07, 6.45) is -3.25. The van der Waals surface area contributed by atoms with Crippen molar-refractivity contribution in [1.82, 2.24) is 14.7 Å². The van der Waals surface area contributed by atoms with Gasteiger partial charge < -0.3 is 13.7 Å². The first-order valence-electron chi connectivity index (χ1n) is 8.07. The second-order valence-corrected chi connectivity index (χ2v) is 5.95. The summed E-state index contributed by atoms with van der Waals surface area (Å²) < 4.78 is 52.2. The largest absolute Gasteiger partial charge is 0.573 e. The summed E-state index contributed by atoms with van der Waals surface area (Å²) in [5.74, 6) is -0.354. The van der Waals surface area contributed by atoms with Crippen LogP contribution in [0.5, 0.6) is 5.75 Å². The number of fused-ring (bicyclic) bond motifs is 1. The third-order valence-corrected chi connectivity index (χ3v) is 4.08. The van der Waals surface area contributed by atoms with Crippen molar-refractivity contribution in [1.29, 1.82) is 0 Å². The molecule has 0 unspecified atom stereocenters. The predicted octanol–water partition coefficient (Wildman–Crippen LogP) is 3.90. The molecule has 4 rings (SSSR count). The third kappa shape index (κ3) is 3.48. The molecule has 0 amide bonds. The van der Waals surface area contributed by atoms with E-state index in [1.165, 1.54) is 35.0 Å². The highest BCUT2D eigenvalue weighted by Crippen LogP contribution is 2.27. The molecule has 0 N–H and O–H groups in total. The molecule has 0 fully saturated rings. The first kappa shape index (κ1) is 17.8. The molecule has 4 aromatic rings. The maximum Gasteiger partial charge on any atom is 0.573 e. The Balaban J connectivity index is 1.70. The Morgan fingerprint density at radius 2 is 1.89 bits per heavy atom. The SMILES string of the molecule is Cc1oncc1Cn1c(=O)oc2ccc(-c3ccc(OC(F)(F)F)cc3)nc21. The molecule has 3 heterocycles. The second kappa shape index (κ2) is 6.55. The number of aromatic nitrogens is 3. The summed E-state index contributed by atoms with van der Waals surface area (Å²) in [7, 11) is 0. The molecule has 1 aromatic carbocycles. The Bertz CT molecular complexity index is 1190. The summed E-state index contributed by atoms with van der Waals surface area (Å²) >= 11 is 0. The standard InChI is InChI=1S/C18H12F3N3O4/c1-10-12(8-22-28-10)9-24-16-15(26-17(24)25)7-6-14(23-16)11-2-4-13(5-3-11)27-18(19,20)21/h2-8H,9H2,1H3. The van der Waals surface area contributed by atoms with Crippen molar-refractivity contribution >= 4 is 11.2 Å². The molecule has 0 aliphatic rings. The van der Waals surface area contributed by atoms with Crippen molar-refractivity contribution in [3.05, 3.63) is 64.5 Å². The van der Waals surface area contributed by atoms with Gasteiger partial charge in [0.05, 0.1) is 18.4 Å². The number of halogens is 3.